The maximum atomic E-state index is 11.7. The Hall–Kier alpha value is -0.610. The van der Waals surface area contributed by atoms with Crippen LogP contribution >= 0.6 is 0 Å². The van der Waals surface area contributed by atoms with Crippen molar-refractivity contribution in [2.75, 3.05) is 32.8 Å². The third-order valence-corrected chi connectivity index (χ3v) is 3.11. The summed E-state index contributed by atoms with van der Waals surface area (Å²) >= 11 is 0. The molecule has 2 fully saturated rings. The van der Waals surface area contributed by atoms with Crippen molar-refractivity contribution in [2.45, 2.75) is 31.8 Å². The second-order valence-corrected chi connectivity index (χ2v) is 4.36. The number of hydrogen-bond donors (Lipinski definition) is 1. The van der Waals surface area contributed by atoms with E-state index in [4.69, 9.17) is 4.74 Å². The topological polar surface area (TPSA) is 41.6 Å². The molecule has 0 aliphatic carbocycles. The van der Waals surface area contributed by atoms with E-state index in [-0.39, 0.29) is 12.0 Å². The molecule has 4 heteroatoms. The number of ether oxygens (including phenoxy) is 1. The van der Waals surface area contributed by atoms with E-state index in [1.54, 1.807) is 0 Å². The quantitative estimate of drug-likeness (QED) is 0.719. The average molecular weight is 212 g/mol. The van der Waals surface area contributed by atoms with Gasteiger partial charge in [0.2, 0.25) is 5.91 Å². The standard InChI is InChI=1S/C11H20N2O2/c14-11-8-12-5-3-6-13(11)9-10-4-1-2-7-15-10/h10,12H,1-9H2. The molecule has 4 nitrogen and oxygen atoms in total. The van der Waals surface area contributed by atoms with E-state index in [9.17, 15) is 4.79 Å². The fourth-order valence-electron chi connectivity index (χ4n) is 2.22. The molecule has 0 aromatic rings. The van der Waals surface area contributed by atoms with E-state index in [2.05, 4.69) is 5.32 Å². The molecular formula is C11H20N2O2. The summed E-state index contributed by atoms with van der Waals surface area (Å²) in [6.45, 7) is 3.98. The van der Waals surface area contributed by atoms with E-state index in [0.29, 0.717) is 6.54 Å². The number of hydrogen-bond acceptors (Lipinski definition) is 3. The zero-order chi connectivity index (χ0) is 10.5. The highest BCUT2D eigenvalue weighted by atomic mass is 16.5. The smallest absolute Gasteiger partial charge is 0.236 e. The number of carbonyl (C=O) groups is 1. The Balaban J connectivity index is 1.82. The number of nitrogens with zero attached hydrogens (tertiary/aromatic N) is 1. The molecule has 1 amide bonds. The van der Waals surface area contributed by atoms with Crippen molar-refractivity contribution in [3.8, 4) is 0 Å². The van der Waals surface area contributed by atoms with Gasteiger partial charge in [-0.05, 0) is 32.2 Å². The van der Waals surface area contributed by atoms with E-state index in [0.717, 1.165) is 39.1 Å². The predicted octanol–water partition coefficient (Wildman–Crippen LogP) is 0.377. The first-order valence-electron chi connectivity index (χ1n) is 5.96. The van der Waals surface area contributed by atoms with Gasteiger partial charge in [0, 0.05) is 19.7 Å². The van der Waals surface area contributed by atoms with E-state index in [1.165, 1.54) is 12.8 Å². The minimum absolute atomic E-state index is 0.224. The van der Waals surface area contributed by atoms with Crippen LogP contribution in [0.1, 0.15) is 25.7 Å². The van der Waals surface area contributed by atoms with Gasteiger partial charge in [-0.2, -0.15) is 0 Å². The molecule has 0 bridgehead atoms. The van der Waals surface area contributed by atoms with Gasteiger partial charge in [-0.3, -0.25) is 4.79 Å². The molecule has 0 aromatic carbocycles. The molecule has 2 saturated heterocycles. The highest BCUT2D eigenvalue weighted by Crippen LogP contribution is 2.14. The first-order valence-corrected chi connectivity index (χ1v) is 5.96. The van der Waals surface area contributed by atoms with E-state index < -0.39 is 0 Å². The second-order valence-electron chi connectivity index (χ2n) is 4.36. The summed E-state index contributed by atoms with van der Waals surface area (Å²) in [7, 11) is 0. The predicted molar refractivity (Wildman–Crippen MR) is 57.7 cm³/mol. The monoisotopic (exact) mass is 212 g/mol. The van der Waals surface area contributed by atoms with Crippen LogP contribution in [0.5, 0.6) is 0 Å². The molecule has 1 unspecified atom stereocenters. The zero-order valence-electron chi connectivity index (χ0n) is 9.21. The lowest BCUT2D eigenvalue weighted by Crippen LogP contribution is -2.41. The van der Waals surface area contributed by atoms with Crippen LogP contribution in [0.25, 0.3) is 0 Å². The fraction of sp³-hybridized carbons (Fsp3) is 0.909. The fourth-order valence-corrected chi connectivity index (χ4v) is 2.22. The van der Waals surface area contributed by atoms with Gasteiger partial charge in [-0.15, -0.1) is 0 Å². The van der Waals surface area contributed by atoms with Gasteiger partial charge < -0.3 is 15.0 Å². The normalized spacial score (nSPS) is 28.9. The largest absolute Gasteiger partial charge is 0.376 e. The van der Waals surface area contributed by atoms with Crippen molar-refractivity contribution < 1.29 is 9.53 Å². The number of carbonyl (C=O) groups excluding carboxylic acids is 1. The molecule has 1 atom stereocenters. The molecule has 0 aromatic heterocycles. The molecule has 15 heavy (non-hydrogen) atoms. The molecular weight excluding hydrogens is 192 g/mol. The van der Waals surface area contributed by atoms with Crippen molar-refractivity contribution in [3.63, 3.8) is 0 Å². The van der Waals surface area contributed by atoms with Crippen LogP contribution in [0.3, 0.4) is 0 Å². The van der Waals surface area contributed by atoms with Gasteiger partial charge >= 0.3 is 0 Å². The van der Waals surface area contributed by atoms with Crippen LogP contribution in [0.2, 0.25) is 0 Å². The minimum atomic E-state index is 0.224. The number of amides is 1. The lowest BCUT2D eigenvalue weighted by Gasteiger charge is -2.29. The third kappa shape index (κ3) is 3.18. The van der Waals surface area contributed by atoms with E-state index in [1.807, 2.05) is 4.90 Å². The van der Waals surface area contributed by atoms with Crippen molar-refractivity contribution in [1.29, 1.82) is 0 Å². The van der Waals surface area contributed by atoms with Gasteiger partial charge in [-0.1, -0.05) is 0 Å². The van der Waals surface area contributed by atoms with E-state index >= 15 is 0 Å². The molecule has 1 N–H and O–H groups in total. The highest BCUT2D eigenvalue weighted by molar-refractivity contribution is 5.78. The first-order chi connectivity index (χ1) is 7.36. The van der Waals surface area contributed by atoms with Crippen LogP contribution in [0.15, 0.2) is 0 Å². The van der Waals surface area contributed by atoms with Crippen LogP contribution in [0.4, 0.5) is 0 Å². The second kappa shape index (κ2) is 5.47. The molecule has 2 aliphatic rings. The Morgan fingerprint density at radius 2 is 2.33 bits per heavy atom. The van der Waals surface area contributed by atoms with Crippen molar-refractivity contribution >= 4 is 5.91 Å². The first kappa shape index (κ1) is 10.9. The summed E-state index contributed by atoms with van der Waals surface area (Å²) < 4.78 is 5.66. The molecule has 86 valence electrons. The summed E-state index contributed by atoms with van der Waals surface area (Å²) in [5, 5.41) is 3.13. The highest BCUT2D eigenvalue weighted by Gasteiger charge is 2.22. The molecule has 0 radical (unpaired) electrons. The van der Waals surface area contributed by atoms with Crippen LogP contribution in [-0.4, -0.2) is 49.7 Å². The van der Waals surface area contributed by atoms with Gasteiger partial charge in [0.15, 0.2) is 0 Å². The Bertz CT molecular complexity index is 215. The Labute approximate surface area is 91.0 Å². The zero-order valence-corrected chi connectivity index (χ0v) is 9.21. The maximum absolute atomic E-state index is 11.7. The Morgan fingerprint density at radius 1 is 1.40 bits per heavy atom. The summed E-state index contributed by atoms with van der Waals surface area (Å²) in [5.74, 6) is 0.224. The molecule has 0 spiro atoms. The summed E-state index contributed by atoms with van der Waals surface area (Å²) in [6.07, 6.45) is 4.85. The summed E-state index contributed by atoms with van der Waals surface area (Å²) in [6, 6.07) is 0. The molecule has 2 heterocycles. The molecule has 2 rings (SSSR count). The van der Waals surface area contributed by atoms with Gasteiger partial charge in [0.05, 0.1) is 12.6 Å². The minimum Gasteiger partial charge on any atom is -0.376 e. The van der Waals surface area contributed by atoms with Crippen molar-refractivity contribution in [2.24, 2.45) is 0 Å². The Morgan fingerprint density at radius 3 is 3.13 bits per heavy atom. The number of rotatable bonds is 2. The molecule has 0 saturated carbocycles. The van der Waals surface area contributed by atoms with Crippen LogP contribution in [-0.2, 0) is 9.53 Å². The maximum Gasteiger partial charge on any atom is 0.236 e. The molecule has 2 aliphatic heterocycles. The Kier molecular flexibility index (Phi) is 3.97. The lowest BCUT2D eigenvalue weighted by atomic mass is 10.1. The van der Waals surface area contributed by atoms with Crippen molar-refractivity contribution in [1.82, 2.24) is 10.2 Å². The third-order valence-electron chi connectivity index (χ3n) is 3.11. The summed E-state index contributed by atoms with van der Waals surface area (Å²) in [5.41, 5.74) is 0. The van der Waals surface area contributed by atoms with Crippen LogP contribution in [0, 0.1) is 0 Å². The van der Waals surface area contributed by atoms with Gasteiger partial charge in [0.1, 0.15) is 0 Å². The van der Waals surface area contributed by atoms with Crippen LogP contribution < -0.4 is 5.32 Å². The SMILES string of the molecule is O=C1CNCCCN1CC1CCCCO1. The average Bonchev–Trinajstić information content (AvgIpc) is 2.46. The van der Waals surface area contributed by atoms with Crippen molar-refractivity contribution in [3.05, 3.63) is 0 Å². The number of nitrogens with one attached hydrogen (secondary N) is 1. The van der Waals surface area contributed by atoms with Gasteiger partial charge in [0.25, 0.3) is 0 Å². The van der Waals surface area contributed by atoms with Gasteiger partial charge in [-0.25, -0.2) is 0 Å². The lowest BCUT2D eigenvalue weighted by molar-refractivity contribution is -0.132. The summed E-state index contributed by atoms with van der Waals surface area (Å²) in [4.78, 5) is 13.7.